The average molecular weight is 553 g/mol. The predicted octanol–water partition coefficient (Wildman–Crippen LogP) is -2.33. The van der Waals surface area contributed by atoms with Crippen molar-refractivity contribution in [3.8, 4) is 5.75 Å². The normalized spacial score (nSPS) is 13.8. The number of phenols is 1. The highest BCUT2D eigenvalue weighted by Gasteiger charge is 2.31. The van der Waals surface area contributed by atoms with Gasteiger partial charge in [0.1, 0.15) is 23.9 Å². The number of aromatic hydroxyl groups is 1. The standard InChI is InChI=1S/C24H36N6O9/c25-10-2-1-3-16(24(38)39)28-23(37)18(12-20(33)34)30-22(36)17(11-13-4-6-14(31)7-5-13)29-21(35)15(26)8-9-19(27)32/h4-7,15-18,31H,1-3,8-12,25-26H2,(H2,27,32)(H,28,37)(H,29,35)(H,30,36)(H,33,34)(H,38,39). The summed E-state index contributed by atoms with van der Waals surface area (Å²) in [6, 6.07) is 0.0946. The lowest BCUT2D eigenvalue weighted by atomic mass is 10.0. The van der Waals surface area contributed by atoms with Crippen molar-refractivity contribution in [3.63, 3.8) is 0 Å². The quantitative estimate of drug-likeness (QED) is 0.0871. The van der Waals surface area contributed by atoms with E-state index in [4.69, 9.17) is 17.2 Å². The molecule has 39 heavy (non-hydrogen) atoms. The number of carboxylic acids is 2. The molecule has 216 valence electrons. The first kappa shape index (κ1) is 32.8. The molecule has 4 amide bonds. The van der Waals surface area contributed by atoms with Crippen molar-refractivity contribution < 1.29 is 44.1 Å². The van der Waals surface area contributed by atoms with Gasteiger partial charge in [-0.3, -0.25) is 24.0 Å². The van der Waals surface area contributed by atoms with Crippen LogP contribution in [0.2, 0.25) is 0 Å². The van der Waals surface area contributed by atoms with Crippen LogP contribution in [-0.4, -0.2) is 81.6 Å². The minimum Gasteiger partial charge on any atom is -0.508 e. The van der Waals surface area contributed by atoms with Crippen LogP contribution in [0.15, 0.2) is 24.3 Å². The SMILES string of the molecule is NCCCCC(NC(=O)C(CC(=O)O)NC(=O)C(Cc1ccc(O)cc1)NC(=O)C(N)CCC(N)=O)C(=O)O. The Morgan fingerprint density at radius 3 is 1.90 bits per heavy atom. The minimum absolute atomic E-state index is 0.0364. The Hall–Kier alpha value is -4.24. The number of phenolic OH excluding ortho intramolecular Hbond substituents is 1. The van der Waals surface area contributed by atoms with Gasteiger partial charge in [-0.15, -0.1) is 0 Å². The van der Waals surface area contributed by atoms with Gasteiger partial charge in [-0.1, -0.05) is 12.1 Å². The molecule has 0 saturated carbocycles. The van der Waals surface area contributed by atoms with Crippen LogP contribution in [0.3, 0.4) is 0 Å². The van der Waals surface area contributed by atoms with Crippen LogP contribution in [0.5, 0.6) is 5.75 Å². The molecule has 1 rings (SSSR count). The number of rotatable bonds is 18. The molecular weight excluding hydrogens is 516 g/mol. The number of nitrogens with two attached hydrogens (primary N) is 3. The van der Waals surface area contributed by atoms with Crippen molar-refractivity contribution in [2.24, 2.45) is 17.2 Å². The number of hydrogen-bond donors (Lipinski definition) is 9. The summed E-state index contributed by atoms with van der Waals surface area (Å²) >= 11 is 0. The third-order valence-electron chi connectivity index (χ3n) is 5.62. The highest BCUT2D eigenvalue weighted by Crippen LogP contribution is 2.12. The summed E-state index contributed by atoms with van der Waals surface area (Å²) in [6.07, 6.45) is -0.354. The molecule has 4 unspecified atom stereocenters. The Bertz CT molecular complexity index is 1020. The molecule has 0 bridgehead atoms. The molecule has 12 N–H and O–H groups in total. The van der Waals surface area contributed by atoms with Crippen LogP contribution < -0.4 is 33.2 Å². The number of unbranched alkanes of at least 4 members (excludes halogenated alkanes) is 1. The number of primary amides is 1. The third-order valence-corrected chi connectivity index (χ3v) is 5.62. The molecule has 1 aromatic rings. The molecular formula is C24H36N6O9. The fourth-order valence-corrected chi connectivity index (χ4v) is 3.46. The molecule has 0 aliphatic rings. The van der Waals surface area contributed by atoms with E-state index in [-0.39, 0.29) is 31.4 Å². The minimum atomic E-state index is -1.67. The number of aliphatic carboxylic acids is 2. The van der Waals surface area contributed by atoms with Crippen molar-refractivity contribution in [1.82, 2.24) is 16.0 Å². The van der Waals surface area contributed by atoms with E-state index in [2.05, 4.69) is 16.0 Å². The predicted molar refractivity (Wildman–Crippen MR) is 137 cm³/mol. The van der Waals surface area contributed by atoms with Gasteiger partial charge in [-0.05, 0) is 49.9 Å². The first-order chi connectivity index (χ1) is 18.3. The molecule has 0 heterocycles. The molecule has 4 atom stereocenters. The maximum Gasteiger partial charge on any atom is 0.326 e. The summed E-state index contributed by atoms with van der Waals surface area (Å²) in [6.45, 7) is 0.318. The number of benzene rings is 1. The van der Waals surface area contributed by atoms with E-state index in [1.54, 1.807) is 0 Å². The summed E-state index contributed by atoms with van der Waals surface area (Å²) in [5.74, 6) is -6.31. The number of amides is 4. The van der Waals surface area contributed by atoms with Crippen molar-refractivity contribution >= 4 is 35.6 Å². The Morgan fingerprint density at radius 2 is 1.36 bits per heavy atom. The average Bonchev–Trinajstić information content (AvgIpc) is 2.86. The van der Waals surface area contributed by atoms with Crippen LogP contribution in [0.4, 0.5) is 0 Å². The van der Waals surface area contributed by atoms with Gasteiger partial charge in [0.25, 0.3) is 0 Å². The van der Waals surface area contributed by atoms with Gasteiger partial charge < -0.3 is 48.5 Å². The number of carboxylic acid groups (broad SMARTS) is 2. The van der Waals surface area contributed by atoms with E-state index in [0.29, 0.717) is 24.9 Å². The topological polar surface area (TPSA) is 277 Å². The Morgan fingerprint density at radius 1 is 0.795 bits per heavy atom. The summed E-state index contributed by atoms with van der Waals surface area (Å²) in [5.41, 5.74) is 16.8. The highest BCUT2D eigenvalue weighted by atomic mass is 16.4. The van der Waals surface area contributed by atoms with Crippen molar-refractivity contribution in [2.75, 3.05) is 6.54 Å². The van der Waals surface area contributed by atoms with Crippen LogP contribution in [-0.2, 0) is 35.2 Å². The maximum atomic E-state index is 13.2. The Kier molecular flexibility index (Phi) is 13.9. The van der Waals surface area contributed by atoms with Crippen molar-refractivity contribution in [2.45, 2.75) is 69.1 Å². The van der Waals surface area contributed by atoms with Gasteiger partial charge in [0, 0.05) is 12.8 Å². The summed E-state index contributed by atoms with van der Waals surface area (Å²) < 4.78 is 0. The summed E-state index contributed by atoms with van der Waals surface area (Å²) in [5, 5.41) is 35.1. The fraction of sp³-hybridized carbons (Fsp3) is 0.500. The van der Waals surface area contributed by atoms with Crippen LogP contribution in [0.1, 0.15) is 44.1 Å². The molecule has 15 heteroatoms. The maximum absolute atomic E-state index is 13.2. The lowest BCUT2D eigenvalue weighted by molar-refractivity contribution is -0.143. The molecule has 1 aromatic carbocycles. The fourth-order valence-electron chi connectivity index (χ4n) is 3.46. The van der Waals surface area contributed by atoms with E-state index in [0.717, 1.165) is 0 Å². The smallest absolute Gasteiger partial charge is 0.326 e. The van der Waals surface area contributed by atoms with Crippen molar-refractivity contribution in [1.29, 1.82) is 0 Å². The Balaban J connectivity index is 3.11. The van der Waals surface area contributed by atoms with Crippen LogP contribution in [0, 0.1) is 0 Å². The van der Waals surface area contributed by atoms with E-state index in [1.807, 2.05) is 0 Å². The molecule has 15 nitrogen and oxygen atoms in total. The molecule has 0 aromatic heterocycles. The molecule has 0 radical (unpaired) electrons. The summed E-state index contributed by atoms with van der Waals surface area (Å²) in [7, 11) is 0. The number of nitrogens with one attached hydrogen (secondary N) is 3. The van der Waals surface area contributed by atoms with E-state index in [9.17, 15) is 44.1 Å². The van der Waals surface area contributed by atoms with E-state index < -0.39 is 66.2 Å². The zero-order valence-electron chi connectivity index (χ0n) is 21.3. The van der Waals surface area contributed by atoms with Crippen LogP contribution in [0.25, 0.3) is 0 Å². The van der Waals surface area contributed by atoms with Gasteiger partial charge in [0.15, 0.2) is 0 Å². The Labute approximate surface area is 224 Å². The second-order valence-electron chi connectivity index (χ2n) is 8.89. The van der Waals surface area contributed by atoms with E-state index in [1.165, 1.54) is 24.3 Å². The summed E-state index contributed by atoms with van der Waals surface area (Å²) in [4.78, 5) is 72.6. The number of carbonyl (C=O) groups excluding carboxylic acids is 4. The first-order valence-electron chi connectivity index (χ1n) is 12.2. The zero-order valence-corrected chi connectivity index (χ0v) is 21.3. The molecule has 0 fully saturated rings. The number of carbonyl (C=O) groups is 6. The molecule has 0 saturated heterocycles. The van der Waals surface area contributed by atoms with Gasteiger partial charge in [0.05, 0.1) is 12.5 Å². The first-order valence-corrected chi connectivity index (χ1v) is 12.2. The highest BCUT2D eigenvalue weighted by molar-refractivity contribution is 5.95. The largest absolute Gasteiger partial charge is 0.508 e. The third kappa shape index (κ3) is 12.7. The lowest BCUT2D eigenvalue weighted by Crippen LogP contribution is -2.58. The second-order valence-corrected chi connectivity index (χ2v) is 8.89. The van der Waals surface area contributed by atoms with Gasteiger partial charge in [-0.2, -0.15) is 0 Å². The second kappa shape index (κ2) is 16.6. The van der Waals surface area contributed by atoms with E-state index >= 15 is 0 Å². The van der Waals surface area contributed by atoms with Gasteiger partial charge in [0.2, 0.25) is 23.6 Å². The van der Waals surface area contributed by atoms with Gasteiger partial charge in [-0.25, -0.2) is 4.79 Å². The molecule has 0 aliphatic carbocycles. The number of hydrogen-bond acceptors (Lipinski definition) is 9. The molecule has 0 aliphatic heterocycles. The molecule has 0 spiro atoms. The lowest BCUT2D eigenvalue weighted by Gasteiger charge is -2.25. The monoisotopic (exact) mass is 552 g/mol. The van der Waals surface area contributed by atoms with Gasteiger partial charge >= 0.3 is 11.9 Å². The van der Waals surface area contributed by atoms with Crippen molar-refractivity contribution in [3.05, 3.63) is 29.8 Å². The zero-order chi connectivity index (χ0) is 29.5. The van der Waals surface area contributed by atoms with Crippen LogP contribution >= 0.6 is 0 Å².